The Kier molecular flexibility index (Phi) is 10.6. The SMILES string of the molecule is C=CC(=C)OCC(CCC(=O)C=C)(CCC(=O)C=C)COC(=C)C=C. The number of carbonyl (C=O) groups excluding carboxylic acids is 2. The van der Waals surface area contributed by atoms with E-state index in [1.54, 1.807) is 0 Å². The first kappa shape index (κ1) is 22.4. The van der Waals surface area contributed by atoms with Crippen molar-refractivity contribution < 1.29 is 19.1 Å². The minimum absolute atomic E-state index is 0.0792. The Balaban J connectivity index is 5.36. The standard InChI is InChI=1S/C21H28O4/c1-7-17(5)24-15-21(13-11-19(22)9-3,14-12-20(23)10-4)16-25-18(6)8-2/h7-10H,1-6,11-16H2. The van der Waals surface area contributed by atoms with E-state index in [0.29, 0.717) is 24.4 Å². The van der Waals surface area contributed by atoms with Gasteiger partial charge in [-0.1, -0.05) is 39.5 Å². The molecule has 0 fully saturated rings. The molecule has 0 aromatic carbocycles. The van der Waals surface area contributed by atoms with Crippen LogP contribution in [-0.4, -0.2) is 24.8 Å². The van der Waals surface area contributed by atoms with Gasteiger partial charge in [-0.3, -0.25) is 9.59 Å². The molecule has 0 heterocycles. The van der Waals surface area contributed by atoms with Crippen LogP contribution in [0.2, 0.25) is 0 Å². The number of hydrogen-bond donors (Lipinski definition) is 0. The van der Waals surface area contributed by atoms with Gasteiger partial charge in [0.2, 0.25) is 0 Å². The zero-order chi connectivity index (χ0) is 19.3. The van der Waals surface area contributed by atoms with E-state index in [0.717, 1.165) is 0 Å². The maximum Gasteiger partial charge on any atom is 0.155 e. The molecule has 4 nitrogen and oxygen atoms in total. The van der Waals surface area contributed by atoms with E-state index < -0.39 is 5.41 Å². The summed E-state index contributed by atoms with van der Waals surface area (Å²) < 4.78 is 11.3. The summed E-state index contributed by atoms with van der Waals surface area (Å²) in [6.07, 6.45) is 7.06. The van der Waals surface area contributed by atoms with E-state index in [1.165, 1.54) is 24.3 Å². The number of ketones is 2. The summed E-state index contributed by atoms with van der Waals surface area (Å²) in [7, 11) is 0. The number of allylic oxidation sites excluding steroid dienone is 4. The lowest BCUT2D eigenvalue weighted by atomic mass is 9.79. The molecule has 0 radical (unpaired) electrons. The zero-order valence-corrected chi connectivity index (χ0v) is 14.9. The van der Waals surface area contributed by atoms with Crippen LogP contribution in [0.15, 0.2) is 75.3 Å². The Labute approximate surface area is 150 Å². The molecule has 4 heteroatoms. The summed E-state index contributed by atoms with van der Waals surface area (Å²) in [6.45, 7) is 22.1. The molecule has 0 aliphatic heterocycles. The molecule has 0 saturated carbocycles. The van der Waals surface area contributed by atoms with Crippen LogP contribution in [0.5, 0.6) is 0 Å². The van der Waals surface area contributed by atoms with Crippen molar-refractivity contribution in [2.75, 3.05) is 13.2 Å². The van der Waals surface area contributed by atoms with E-state index in [9.17, 15) is 9.59 Å². The third-order valence-electron chi connectivity index (χ3n) is 3.84. The number of hydrogen-bond acceptors (Lipinski definition) is 4. The van der Waals surface area contributed by atoms with E-state index in [1.807, 2.05) is 0 Å². The summed E-state index contributed by atoms with van der Waals surface area (Å²) in [5.41, 5.74) is -0.574. The Morgan fingerprint density at radius 1 is 0.720 bits per heavy atom. The van der Waals surface area contributed by atoms with Gasteiger partial charge in [0.05, 0.1) is 13.2 Å². The minimum atomic E-state index is -0.574. The van der Waals surface area contributed by atoms with Crippen molar-refractivity contribution in [1.29, 1.82) is 0 Å². The summed E-state index contributed by atoms with van der Waals surface area (Å²) in [5, 5.41) is 0. The first-order valence-corrected chi connectivity index (χ1v) is 8.01. The molecule has 0 saturated heterocycles. The smallest absolute Gasteiger partial charge is 0.155 e. The van der Waals surface area contributed by atoms with Crippen molar-refractivity contribution in [3.05, 3.63) is 75.3 Å². The van der Waals surface area contributed by atoms with E-state index in [2.05, 4.69) is 39.5 Å². The van der Waals surface area contributed by atoms with Crippen LogP contribution >= 0.6 is 0 Å². The number of ether oxygens (including phenoxy) is 2. The molecule has 0 aliphatic carbocycles. The normalized spacial score (nSPS) is 10.2. The summed E-state index contributed by atoms with van der Waals surface area (Å²) in [5.74, 6) is 0.670. The van der Waals surface area contributed by atoms with Crippen molar-refractivity contribution in [2.24, 2.45) is 5.41 Å². The van der Waals surface area contributed by atoms with E-state index in [4.69, 9.17) is 9.47 Å². The molecular formula is C21H28O4. The van der Waals surface area contributed by atoms with Gasteiger partial charge in [0.25, 0.3) is 0 Å². The van der Waals surface area contributed by atoms with Crippen molar-refractivity contribution in [3.8, 4) is 0 Å². The average molecular weight is 344 g/mol. The number of carbonyl (C=O) groups is 2. The van der Waals surface area contributed by atoms with Gasteiger partial charge in [-0.15, -0.1) is 0 Å². The first-order valence-electron chi connectivity index (χ1n) is 8.01. The molecule has 0 spiro atoms. The first-order chi connectivity index (χ1) is 11.8. The number of rotatable bonds is 16. The van der Waals surface area contributed by atoms with Crippen LogP contribution in [0.3, 0.4) is 0 Å². The van der Waals surface area contributed by atoms with Gasteiger partial charge in [0.15, 0.2) is 11.6 Å². The fraction of sp³-hybridized carbons (Fsp3) is 0.333. The Morgan fingerprint density at radius 2 is 1.08 bits per heavy atom. The predicted octanol–water partition coefficient (Wildman–Crippen LogP) is 4.48. The second-order valence-electron chi connectivity index (χ2n) is 5.76. The van der Waals surface area contributed by atoms with E-state index >= 15 is 0 Å². The van der Waals surface area contributed by atoms with Crippen LogP contribution in [0.25, 0.3) is 0 Å². The molecule has 0 aliphatic rings. The van der Waals surface area contributed by atoms with Crippen molar-refractivity contribution in [3.63, 3.8) is 0 Å². The van der Waals surface area contributed by atoms with Gasteiger partial charge < -0.3 is 9.47 Å². The molecule has 0 unspecified atom stereocenters. The molecule has 0 N–H and O–H groups in total. The maximum atomic E-state index is 11.7. The molecule has 0 aromatic rings. The van der Waals surface area contributed by atoms with Crippen LogP contribution in [0.1, 0.15) is 25.7 Å². The van der Waals surface area contributed by atoms with Gasteiger partial charge in [-0.25, -0.2) is 0 Å². The fourth-order valence-corrected chi connectivity index (χ4v) is 2.05. The van der Waals surface area contributed by atoms with Crippen LogP contribution in [0.4, 0.5) is 0 Å². The lowest BCUT2D eigenvalue weighted by molar-refractivity contribution is -0.116. The maximum absolute atomic E-state index is 11.7. The van der Waals surface area contributed by atoms with Crippen molar-refractivity contribution in [2.45, 2.75) is 25.7 Å². The van der Waals surface area contributed by atoms with Gasteiger partial charge >= 0.3 is 0 Å². The third-order valence-corrected chi connectivity index (χ3v) is 3.84. The third kappa shape index (κ3) is 9.30. The average Bonchev–Trinajstić information content (AvgIpc) is 2.65. The van der Waals surface area contributed by atoms with Gasteiger partial charge in [0.1, 0.15) is 11.5 Å². The Bertz CT molecular complexity index is 453. The van der Waals surface area contributed by atoms with Crippen LogP contribution in [0, 0.1) is 5.41 Å². The molecule has 0 bridgehead atoms. The molecule has 25 heavy (non-hydrogen) atoms. The highest BCUT2D eigenvalue weighted by Gasteiger charge is 2.33. The summed E-state index contributed by atoms with van der Waals surface area (Å²) in [6, 6.07) is 0. The summed E-state index contributed by atoms with van der Waals surface area (Å²) >= 11 is 0. The Hall–Kier alpha value is -2.62. The molecule has 0 amide bonds. The fourth-order valence-electron chi connectivity index (χ4n) is 2.05. The topological polar surface area (TPSA) is 52.6 Å². The lowest BCUT2D eigenvalue weighted by Gasteiger charge is -2.33. The highest BCUT2D eigenvalue weighted by atomic mass is 16.5. The highest BCUT2D eigenvalue weighted by molar-refractivity contribution is 5.89. The van der Waals surface area contributed by atoms with E-state index in [-0.39, 0.29) is 37.6 Å². The zero-order valence-electron chi connectivity index (χ0n) is 14.9. The second-order valence-corrected chi connectivity index (χ2v) is 5.76. The molecule has 0 aromatic heterocycles. The molecule has 136 valence electrons. The second kappa shape index (κ2) is 11.8. The monoisotopic (exact) mass is 344 g/mol. The lowest BCUT2D eigenvalue weighted by Crippen LogP contribution is -2.33. The van der Waals surface area contributed by atoms with Crippen LogP contribution < -0.4 is 0 Å². The van der Waals surface area contributed by atoms with Gasteiger partial charge in [0, 0.05) is 18.3 Å². The molecule has 0 atom stereocenters. The Morgan fingerprint density at radius 3 is 1.36 bits per heavy atom. The highest BCUT2D eigenvalue weighted by Crippen LogP contribution is 2.33. The van der Waals surface area contributed by atoms with Gasteiger partial charge in [-0.2, -0.15) is 0 Å². The van der Waals surface area contributed by atoms with Crippen molar-refractivity contribution >= 4 is 11.6 Å². The van der Waals surface area contributed by atoms with Gasteiger partial charge in [-0.05, 0) is 37.1 Å². The quantitative estimate of drug-likeness (QED) is 0.235. The minimum Gasteiger partial charge on any atom is -0.494 e. The largest absolute Gasteiger partial charge is 0.494 e. The molecule has 0 rings (SSSR count). The summed E-state index contributed by atoms with van der Waals surface area (Å²) in [4.78, 5) is 23.4. The van der Waals surface area contributed by atoms with Crippen molar-refractivity contribution in [1.82, 2.24) is 0 Å². The van der Waals surface area contributed by atoms with Crippen LogP contribution in [-0.2, 0) is 19.1 Å². The molecular weight excluding hydrogens is 316 g/mol. The predicted molar refractivity (Wildman–Crippen MR) is 102 cm³/mol.